The van der Waals surface area contributed by atoms with Crippen LogP contribution < -0.4 is 9.47 Å². The lowest BCUT2D eigenvalue weighted by molar-refractivity contribution is 0.403. The minimum atomic E-state index is 0.615. The van der Waals surface area contributed by atoms with Crippen LogP contribution in [0.25, 0.3) is 20.7 Å². The van der Waals surface area contributed by atoms with Gasteiger partial charge < -0.3 is 9.47 Å². The lowest BCUT2D eigenvalue weighted by Gasteiger charge is -2.01. The predicted molar refractivity (Wildman–Crippen MR) is 76.0 cm³/mol. The highest BCUT2D eigenvalue weighted by atomic mass is 32.1. The fourth-order valence-corrected chi connectivity index (χ4v) is 2.97. The maximum atomic E-state index is 5.26. The van der Waals surface area contributed by atoms with E-state index in [1.165, 1.54) is 6.33 Å². The van der Waals surface area contributed by atoms with Gasteiger partial charge >= 0.3 is 0 Å². The van der Waals surface area contributed by atoms with Gasteiger partial charge in [-0.3, -0.25) is 0 Å². The van der Waals surface area contributed by atoms with E-state index in [4.69, 9.17) is 9.47 Å². The molecule has 0 radical (unpaired) electrons. The molecule has 0 saturated heterocycles. The van der Waals surface area contributed by atoms with Gasteiger partial charge in [0, 0.05) is 4.88 Å². The van der Waals surface area contributed by atoms with Gasteiger partial charge in [0.05, 0.1) is 19.7 Å². The van der Waals surface area contributed by atoms with E-state index in [0.717, 1.165) is 26.4 Å². The highest BCUT2D eigenvalue weighted by molar-refractivity contribution is 7.22. The van der Waals surface area contributed by atoms with Crippen molar-refractivity contribution < 1.29 is 9.47 Å². The Labute approximate surface area is 114 Å². The Morgan fingerprint density at radius 3 is 2.74 bits per heavy atom. The van der Waals surface area contributed by atoms with Crippen molar-refractivity contribution in [1.29, 1.82) is 0 Å². The van der Waals surface area contributed by atoms with Gasteiger partial charge in [-0.15, -0.1) is 11.3 Å². The zero-order valence-electron chi connectivity index (χ0n) is 10.6. The molecule has 3 rings (SSSR count). The fourth-order valence-electron chi connectivity index (χ4n) is 1.90. The van der Waals surface area contributed by atoms with E-state index in [-0.39, 0.29) is 0 Å². The summed E-state index contributed by atoms with van der Waals surface area (Å²) in [5, 5.41) is 0. The summed E-state index contributed by atoms with van der Waals surface area (Å²) in [5.41, 5.74) is 2.00. The smallest absolute Gasteiger partial charge is 0.234 e. The van der Waals surface area contributed by atoms with Crippen molar-refractivity contribution in [2.45, 2.75) is 0 Å². The largest absolute Gasteiger partial charge is 0.497 e. The van der Waals surface area contributed by atoms with Crippen molar-refractivity contribution >= 4 is 21.6 Å². The molecule has 0 atom stereocenters. The molecular formula is C14H12N2O2S. The van der Waals surface area contributed by atoms with E-state index in [0.29, 0.717) is 5.88 Å². The second kappa shape index (κ2) is 4.85. The number of methoxy groups -OCH3 is 2. The lowest BCUT2D eigenvalue weighted by atomic mass is 10.2. The molecule has 0 fully saturated rings. The predicted octanol–water partition coefficient (Wildman–Crippen LogP) is 3.38. The molecule has 2 heterocycles. The first-order valence-electron chi connectivity index (χ1n) is 5.75. The molecule has 0 spiro atoms. The molecule has 96 valence electrons. The van der Waals surface area contributed by atoms with E-state index in [9.17, 15) is 0 Å². The maximum absolute atomic E-state index is 5.26. The molecule has 5 heteroatoms. The molecule has 1 aromatic carbocycles. The van der Waals surface area contributed by atoms with Gasteiger partial charge in [-0.1, -0.05) is 12.1 Å². The summed E-state index contributed by atoms with van der Waals surface area (Å²) in [7, 11) is 3.28. The molecule has 0 bridgehead atoms. The van der Waals surface area contributed by atoms with E-state index >= 15 is 0 Å². The zero-order valence-corrected chi connectivity index (χ0v) is 11.4. The first-order chi connectivity index (χ1) is 9.31. The van der Waals surface area contributed by atoms with Crippen molar-refractivity contribution in [3.63, 3.8) is 0 Å². The Kier molecular flexibility index (Phi) is 3.05. The van der Waals surface area contributed by atoms with Crippen LogP contribution in [-0.2, 0) is 0 Å². The first kappa shape index (κ1) is 11.9. The second-order valence-corrected chi connectivity index (χ2v) is 4.99. The zero-order chi connectivity index (χ0) is 13.2. The molecule has 3 aromatic rings. The number of aromatic nitrogens is 2. The van der Waals surface area contributed by atoms with E-state index < -0.39 is 0 Å². The van der Waals surface area contributed by atoms with Gasteiger partial charge in [-0.25, -0.2) is 9.97 Å². The maximum Gasteiger partial charge on any atom is 0.234 e. The molecule has 0 aliphatic heterocycles. The van der Waals surface area contributed by atoms with E-state index in [2.05, 4.69) is 9.97 Å². The quantitative estimate of drug-likeness (QED) is 0.733. The highest BCUT2D eigenvalue weighted by Gasteiger charge is 2.10. The molecule has 4 nitrogen and oxygen atoms in total. The van der Waals surface area contributed by atoms with Gasteiger partial charge in [0.15, 0.2) is 0 Å². The van der Waals surface area contributed by atoms with Crippen LogP contribution in [0.2, 0.25) is 0 Å². The van der Waals surface area contributed by atoms with Gasteiger partial charge in [0.25, 0.3) is 0 Å². The van der Waals surface area contributed by atoms with Crippen molar-refractivity contribution in [1.82, 2.24) is 9.97 Å². The summed E-state index contributed by atoms with van der Waals surface area (Å²) in [6, 6.07) is 10.00. The summed E-state index contributed by atoms with van der Waals surface area (Å²) in [4.78, 5) is 9.50. The molecule has 0 amide bonds. The molecule has 19 heavy (non-hydrogen) atoms. The number of hydrogen-bond acceptors (Lipinski definition) is 5. The Morgan fingerprint density at radius 2 is 1.95 bits per heavy atom. The van der Waals surface area contributed by atoms with Gasteiger partial charge in [0.1, 0.15) is 16.8 Å². The van der Waals surface area contributed by atoms with E-state index in [1.54, 1.807) is 25.6 Å². The topological polar surface area (TPSA) is 44.2 Å². The Bertz CT molecular complexity index is 724. The Morgan fingerprint density at radius 1 is 1.05 bits per heavy atom. The summed E-state index contributed by atoms with van der Waals surface area (Å²) in [5.74, 6) is 1.46. The van der Waals surface area contributed by atoms with Gasteiger partial charge in [-0.2, -0.15) is 0 Å². The van der Waals surface area contributed by atoms with Crippen LogP contribution in [0.1, 0.15) is 0 Å². The lowest BCUT2D eigenvalue weighted by Crippen LogP contribution is -1.87. The third-order valence-electron chi connectivity index (χ3n) is 2.83. The third-order valence-corrected chi connectivity index (χ3v) is 3.99. The Hall–Kier alpha value is -2.14. The summed E-state index contributed by atoms with van der Waals surface area (Å²) in [6.45, 7) is 0. The fraction of sp³-hybridized carbons (Fsp3) is 0.143. The minimum absolute atomic E-state index is 0.615. The highest BCUT2D eigenvalue weighted by Crippen LogP contribution is 2.37. The number of rotatable bonds is 3. The van der Waals surface area contributed by atoms with E-state index in [1.807, 2.05) is 30.3 Å². The first-order valence-corrected chi connectivity index (χ1v) is 6.56. The van der Waals surface area contributed by atoms with Crippen molar-refractivity contribution in [3.8, 4) is 22.1 Å². The molecule has 0 aliphatic carbocycles. The summed E-state index contributed by atoms with van der Waals surface area (Å²) in [6.07, 6.45) is 1.52. The van der Waals surface area contributed by atoms with Crippen LogP contribution in [0.15, 0.2) is 36.7 Å². The van der Waals surface area contributed by atoms with Crippen LogP contribution in [0.4, 0.5) is 0 Å². The average Bonchev–Trinajstić information content (AvgIpc) is 2.91. The standard InChI is InChI=1S/C14H12N2O2S/c1-17-10-5-3-4-9(6-10)12-7-11-13(19-12)14(18-2)16-8-15-11/h3-8H,1-2H3. The minimum Gasteiger partial charge on any atom is -0.497 e. The summed E-state index contributed by atoms with van der Waals surface area (Å²) < 4.78 is 11.5. The van der Waals surface area contributed by atoms with Crippen molar-refractivity contribution in [2.75, 3.05) is 14.2 Å². The average molecular weight is 272 g/mol. The van der Waals surface area contributed by atoms with Crippen LogP contribution in [0, 0.1) is 0 Å². The summed E-state index contributed by atoms with van der Waals surface area (Å²) >= 11 is 1.62. The Balaban J connectivity index is 2.15. The number of benzene rings is 1. The van der Waals surface area contributed by atoms with Gasteiger partial charge in [-0.05, 0) is 23.8 Å². The van der Waals surface area contributed by atoms with Crippen molar-refractivity contribution in [2.24, 2.45) is 0 Å². The number of ether oxygens (including phenoxy) is 2. The van der Waals surface area contributed by atoms with Crippen molar-refractivity contribution in [3.05, 3.63) is 36.7 Å². The molecular weight excluding hydrogens is 260 g/mol. The number of hydrogen-bond donors (Lipinski definition) is 0. The molecule has 0 N–H and O–H groups in total. The number of nitrogens with zero attached hydrogens (tertiary/aromatic N) is 2. The molecule has 0 saturated carbocycles. The van der Waals surface area contributed by atoms with Gasteiger partial charge in [0.2, 0.25) is 5.88 Å². The third kappa shape index (κ3) is 2.13. The number of thiophene rings is 1. The normalized spacial score (nSPS) is 10.6. The number of fused-ring (bicyclic) bond motifs is 1. The second-order valence-electron chi connectivity index (χ2n) is 3.94. The van der Waals surface area contributed by atoms with Crippen LogP contribution >= 0.6 is 11.3 Å². The molecule has 0 aliphatic rings. The molecule has 2 aromatic heterocycles. The monoisotopic (exact) mass is 272 g/mol. The van der Waals surface area contributed by atoms with Crippen LogP contribution in [0.5, 0.6) is 11.6 Å². The van der Waals surface area contributed by atoms with Crippen LogP contribution in [-0.4, -0.2) is 24.2 Å². The van der Waals surface area contributed by atoms with Crippen LogP contribution in [0.3, 0.4) is 0 Å². The molecule has 0 unspecified atom stereocenters. The SMILES string of the molecule is COc1cccc(-c2cc3ncnc(OC)c3s2)c1.